The van der Waals surface area contributed by atoms with Crippen LogP contribution >= 0.6 is 0 Å². The number of hydrogen-bond donors (Lipinski definition) is 1. The van der Waals surface area contributed by atoms with Crippen molar-refractivity contribution in [3.8, 4) is 0 Å². The van der Waals surface area contributed by atoms with E-state index in [0.717, 1.165) is 0 Å². The molecule has 0 saturated carbocycles. The Morgan fingerprint density at radius 2 is 2.15 bits per heavy atom. The molecule has 0 aliphatic carbocycles. The van der Waals surface area contributed by atoms with Gasteiger partial charge in [0.2, 0.25) is 0 Å². The van der Waals surface area contributed by atoms with Gasteiger partial charge < -0.3 is 10.2 Å². The largest absolute Gasteiger partial charge is 0.324 e. The number of aryl methyl sites for hydroxylation is 1. The van der Waals surface area contributed by atoms with Crippen LogP contribution in [0.25, 0.3) is 0 Å². The van der Waals surface area contributed by atoms with Gasteiger partial charge in [-0.25, -0.2) is 9.18 Å². The number of benzene rings is 1. The molecule has 2 atom stereocenters. The van der Waals surface area contributed by atoms with Crippen molar-refractivity contribution in [3.63, 3.8) is 0 Å². The zero-order valence-electron chi connectivity index (χ0n) is 12.3. The van der Waals surface area contributed by atoms with Crippen molar-refractivity contribution in [2.24, 2.45) is 0 Å². The molecule has 1 N–H and O–H groups in total. The zero-order chi connectivity index (χ0) is 15.3. The number of amides is 2. The van der Waals surface area contributed by atoms with Crippen molar-refractivity contribution in [2.75, 3.05) is 24.4 Å². The molecule has 112 valence electrons. The highest BCUT2D eigenvalue weighted by Crippen LogP contribution is 2.15. The van der Waals surface area contributed by atoms with Crippen LogP contribution in [-0.4, -0.2) is 40.2 Å². The SMILES string of the molecule is CCc1ccc(NC(=O)N(C)C(C)CS(C)=O)cc1F. The van der Waals surface area contributed by atoms with Crippen LogP contribution in [0.4, 0.5) is 14.9 Å². The van der Waals surface area contributed by atoms with Gasteiger partial charge in [-0.05, 0) is 31.0 Å². The minimum atomic E-state index is -0.969. The minimum absolute atomic E-state index is 0.152. The molecule has 4 nitrogen and oxygen atoms in total. The third kappa shape index (κ3) is 4.59. The number of nitrogens with one attached hydrogen (secondary N) is 1. The summed E-state index contributed by atoms with van der Waals surface area (Å²) in [5, 5.41) is 2.64. The van der Waals surface area contributed by atoms with Crippen LogP contribution in [0.15, 0.2) is 18.2 Å². The average molecular weight is 300 g/mol. The lowest BCUT2D eigenvalue weighted by molar-refractivity contribution is 0.212. The van der Waals surface area contributed by atoms with Gasteiger partial charge in [0.25, 0.3) is 0 Å². The van der Waals surface area contributed by atoms with E-state index in [1.54, 1.807) is 25.4 Å². The van der Waals surface area contributed by atoms with Gasteiger partial charge in [-0.3, -0.25) is 4.21 Å². The van der Waals surface area contributed by atoms with Crippen LogP contribution in [0.5, 0.6) is 0 Å². The standard InChI is InChI=1S/C14H21FN2O2S/c1-5-11-6-7-12(8-13(11)15)16-14(18)17(3)10(2)9-20(4)19/h6-8,10H,5,9H2,1-4H3,(H,16,18). The van der Waals surface area contributed by atoms with Crippen molar-refractivity contribution in [2.45, 2.75) is 26.3 Å². The number of rotatable bonds is 5. The van der Waals surface area contributed by atoms with E-state index in [1.807, 2.05) is 13.8 Å². The fourth-order valence-corrected chi connectivity index (χ4v) is 2.68. The zero-order valence-corrected chi connectivity index (χ0v) is 13.1. The molecule has 0 aliphatic heterocycles. The Morgan fingerprint density at radius 1 is 1.50 bits per heavy atom. The molecule has 0 radical (unpaired) electrons. The molecule has 2 unspecified atom stereocenters. The van der Waals surface area contributed by atoms with Gasteiger partial charge in [0, 0.05) is 41.6 Å². The van der Waals surface area contributed by atoms with Crippen LogP contribution < -0.4 is 5.32 Å². The first-order valence-electron chi connectivity index (χ1n) is 6.47. The van der Waals surface area contributed by atoms with E-state index in [4.69, 9.17) is 0 Å². The summed E-state index contributed by atoms with van der Waals surface area (Å²) in [6, 6.07) is 4.16. The van der Waals surface area contributed by atoms with E-state index in [-0.39, 0.29) is 17.9 Å². The van der Waals surface area contributed by atoms with Crippen molar-refractivity contribution in [1.29, 1.82) is 0 Å². The second-order valence-corrected chi connectivity index (χ2v) is 6.27. The summed E-state index contributed by atoms with van der Waals surface area (Å²) < 4.78 is 24.8. The van der Waals surface area contributed by atoms with Crippen LogP contribution in [0, 0.1) is 5.82 Å². The number of halogens is 1. The van der Waals surface area contributed by atoms with Gasteiger partial charge in [-0.15, -0.1) is 0 Å². The highest BCUT2D eigenvalue weighted by Gasteiger charge is 2.17. The van der Waals surface area contributed by atoms with Gasteiger partial charge in [-0.1, -0.05) is 13.0 Å². The number of hydrogen-bond acceptors (Lipinski definition) is 2. The van der Waals surface area contributed by atoms with Gasteiger partial charge in [-0.2, -0.15) is 0 Å². The summed E-state index contributed by atoms with van der Waals surface area (Å²) in [7, 11) is 0.660. The van der Waals surface area contributed by atoms with Gasteiger partial charge in [0.1, 0.15) is 5.82 Å². The van der Waals surface area contributed by atoms with Crippen molar-refractivity contribution < 1.29 is 13.4 Å². The molecule has 0 spiro atoms. The third-order valence-corrected chi connectivity index (χ3v) is 4.09. The van der Waals surface area contributed by atoms with Crippen LogP contribution in [0.1, 0.15) is 19.4 Å². The Kier molecular flexibility index (Phi) is 6.13. The highest BCUT2D eigenvalue weighted by atomic mass is 32.2. The second kappa shape index (κ2) is 7.38. The van der Waals surface area contributed by atoms with Crippen LogP contribution in [0.3, 0.4) is 0 Å². The molecule has 0 bridgehead atoms. The summed E-state index contributed by atoms with van der Waals surface area (Å²) in [6.07, 6.45) is 2.21. The maximum absolute atomic E-state index is 13.6. The Morgan fingerprint density at radius 3 is 2.65 bits per heavy atom. The quantitative estimate of drug-likeness (QED) is 0.908. The van der Waals surface area contributed by atoms with Gasteiger partial charge in [0.15, 0.2) is 0 Å². The number of nitrogens with zero attached hydrogens (tertiary/aromatic N) is 1. The minimum Gasteiger partial charge on any atom is -0.324 e. The molecule has 1 rings (SSSR count). The van der Waals surface area contributed by atoms with Crippen molar-refractivity contribution in [3.05, 3.63) is 29.6 Å². The lowest BCUT2D eigenvalue weighted by Gasteiger charge is -2.24. The topological polar surface area (TPSA) is 49.4 Å². The molecular weight excluding hydrogens is 279 g/mol. The molecule has 0 aromatic heterocycles. The molecule has 0 fully saturated rings. The Balaban J connectivity index is 2.70. The van der Waals surface area contributed by atoms with E-state index in [0.29, 0.717) is 23.4 Å². The van der Waals surface area contributed by atoms with E-state index in [2.05, 4.69) is 5.32 Å². The van der Waals surface area contributed by atoms with Crippen molar-refractivity contribution >= 4 is 22.5 Å². The summed E-state index contributed by atoms with van der Waals surface area (Å²) in [6.45, 7) is 3.69. The maximum Gasteiger partial charge on any atom is 0.321 e. The summed E-state index contributed by atoms with van der Waals surface area (Å²) in [4.78, 5) is 13.5. The number of carbonyl (C=O) groups excluding carboxylic acids is 1. The van der Waals surface area contributed by atoms with E-state index in [9.17, 15) is 13.4 Å². The molecule has 1 aromatic rings. The molecule has 0 heterocycles. The molecule has 20 heavy (non-hydrogen) atoms. The number of anilines is 1. The lowest BCUT2D eigenvalue weighted by atomic mass is 10.1. The van der Waals surface area contributed by atoms with Crippen LogP contribution in [0.2, 0.25) is 0 Å². The van der Waals surface area contributed by atoms with E-state index >= 15 is 0 Å². The summed E-state index contributed by atoms with van der Waals surface area (Å²) in [5.41, 5.74) is 1.03. The molecular formula is C14H21FN2O2S. The fraction of sp³-hybridized carbons (Fsp3) is 0.500. The smallest absolute Gasteiger partial charge is 0.321 e. The monoisotopic (exact) mass is 300 g/mol. The fourth-order valence-electron chi connectivity index (χ4n) is 1.78. The second-order valence-electron chi connectivity index (χ2n) is 4.79. The third-order valence-electron chi connectivity index (χ3n) is 3.14. The number of urea groups is 1. The normalized spacial score (nSPS) is 13.7. The molecule has 1 aromatic carbocycles. The Bertz CT molecular complexity index is 508. The van der Waals surface area contributed by atoms with E-state index < -0.39 is 10.8 Å². The molecule has 0 aliphatic rings. The lowest BCUT2D eigenvalue weighted by Crippen LogP contribution is -2.40. The Labute approximate surface area is 121 Å². The number of carbonyl (C=O) groups is 1. The molecule has 0 saturated heterocycles. The summed E-state index contributed by atoms with van der Waals surface area (Å²) in [5.74, 6) is 0.0863. The van der Waals surface area contributed by atoms with Crippen molar-refractivity contribution in [1.82, 2.24) is 4.90 Å². The van der Waals surface area contributed by atoms with Crippen LogP contribution in [-0.2, 0) is 17.2 Å². The average Bonchev–Trinajstić information content (AvgIpc) is 2.37. The highest BCUT2D eigenvalue weighted by molar-refractivity contribution is 7.84. The first kappa shape index (κ1) is 16.6. The first-order chi connectivity index (χ1) is 9.35. The maximum atomic E-state index is 13.6. The first-order valence-corrected chi connectivity index (χ1v) is 8.20. The summed E-state index contributed by atoms with van der Waals surface area (Å²) >= 11 is 0. The molecule has 2 amide bonds. The Hall–Kier alpha value is -1.43. The molecule has 6 heteroatoms. The van der Waals surface area contributed by atoms with E-state index in [1.165, 1.54) is 11.0 Å². The van der Waals surface area contributed by atoms with Gasteiger partial charge in [0.05, 0.1) is 0 Å². The predicted molar refractivity (Wildman–Crippen MR) is 81.0 cm³/mol. The predicted octanol–water partition coefficient (Wildman–Crippen LogP) is 2.62. The van der Waals surface area contributed by atoms with Gasteiger partial charge >= 0.3 is 6.03 Å².